The Labute approximate surface area is 135 Å². The molecule has 1 aromatic heterocycles. The summed E-state index contributed by atoms with van der Waals surface area (Å²) in [6.07, 6.45) is 2.13. The molecule has 2 aromatic rings. The molecule has 6 heteroatoms. The number of aromatic nitrogens is 1. The van der Waals surface area contributed by atoms with Gasteiger partial charge in [-0.1, -0.05) is 29.8 Å². The smallest absolute Gasteiger partial charge is 0.254 e. The zero-order valence-corrected chi connectivity index (χ0v) is 13.6. The molecule has 0 saturated heterocycles. The molecule has 1 aromatic carbocycles. The number of rotatable bonds is 6. The van der Waals surface area contributed by atoms with E-state index < -0.39 is 0 Å². The zero-order chi connectivity index (χ0) is 16.8. The van der Waals surface area contributed by atoms with Crippen molar-refractivity contribution in [3.63, 3.8) is 0 Å². The number of carbonyl (C=O) groups excluding carboxylic acids is 2. The number of nitrogens with one attached hydrogen (secondary N) is 1. The van der Waals surface area contributed by atoms with E-state index >= 15 is 0 Å². The fraction of sp³-hybridized carbons (Fsp3) is 0.353. The molecule has 0 fully saturated rings. The van der Waals surface area contributed by atoms with E-state index in [1.807, 2.05) is 32.9 Å². The third-order valence-corrected chi connectivity index (χ3v) is 3.70. The normalized spacial score (nSPS) is 11.8. The Morgan fingerprint density at radius 3 is 2.52 bits per heavy atom. The molecule has 23 heavy (non-hydrogen) atoms. The van der Waals surface area contributed by atoms with Gasteiger partial charge in [-0.3, -0.25) is 9.59 Å². The van der Waals surface area contributed by atoms with Crippen LogP contribution >= 0.6 is 0 Å². The summed E-state index contributed by atoms with van der Waals surface area (Å²) in [5.41, 5.74) is 1.66. The number of nitrogens with zero attached hydrogens (tertiary/aromatic N) is 2. The summed E-state index contributed by atoms with van der Waals surface area (Å²) in [7, 11) is 0. The largest absolute Gasteiger partial charge is 0.363 e. The van der Waals surface area contributed by atoms with Crippen LogP contribution in [0.15, 0.2) is 41.1 Å². The maximum atomic E-state index is 12.7. The molecular formula is C17H21N3O3. The van der Waals surface area contributed by atoms with Crippen LogP contribution in [0.3, 0.4) is 0 Å². The number of aryl methyl sites for hydroxylation is 1. The van der Waals surface area contributed by atoms with Gasteiger partial charge in [0.2, 0.25) is 5.91 Å². The van der Waals surface area contributed by atoms with E-state index in [1.54, 1.807) is 23.1 Å². The van der Waals surface area contributed by atoms with Gasteiger partial charge in [0.15, 0.2) is 5.82 Å². The molecule has 1 N–H and O–H groups in total. The van der Waals surface area contributed by atoms with Gasteiger partial charge >= 0.3 is 0 Å². The second kappa shape index (κ2) is 7.58. The van der Waals surface area contributed by atoms with E-state index in [2.05, 4.69) is 15.0 Å². The number of hydrogen-bond donors (Lipinski definition) is 1. The topological polar surface area (TPSA) is 75.4 Å². The second-order valence-corrected chi connectivity index (χ2v) is 5.49. The lowest BCUT2D eigenvalue weighted by atomic mass is 10.1. The summed E-state index contributed by atoms with van der Waals surface area (Å²) >= 11 is 0. The average molecular weight is 315 g/mol. The first-order chi connectivity index (χ1) is 11.0. The minimum atomic E-state index is -0.306. The summed E-state index contributed by atoms with van der Waals surface area (Å²) in [6.45, 7) is 5.84. The average Bonchev–Trinajstić information content (AvgIpc) is 3.05. The Morgan fingerprint density at radius 2 is 1.96 bits per heavy atom. The van der Waals surface area contributed by atoms with Crippen molar-refractivity contribution in [2.75, 3.05) is 11.9 Å². The van der Waals surface area contributed by atoms with Gasteiger partial charge in [0.25, 0.3) is 5.91 Å². The highest BCUT2D eigenvalue weighted by Crippen LogP contribution is 2.12. The molecule has 0 aliphatic carbocycles. The highest BCUT2D eigenvalue weighted by molar-refractivity contribution is 5.99. The highest BCUT2D eigenvalue weighted by atomic mass is 16.5. The van der Waals surface area contributed by atoms with Crippen molar-refractivity contribution in [1.82, 2.24) is 10.1 Å². The van der Waals surface area contributed by atoms with Gasteiger partial charge in [-0.2, -0.15) is 0 Å². The molecule has 2 rings (SSSR count). The van der Waals surface area contributed by atoms with Gasteiger partial charge in [0, 0.05) is 17.7 Å². The molecule has 1 atom stereocenters. The molecule has 0 bridgehead atoms. The molecule has 0 spiro atoms. The highest BCUT2D eigenvalue weighted by Gasteiger charge is 2.23. The van der Waals surface area contributed by atoms with E-state index in [1.165, 1.54) is 6.26 Å². The molecule has 122 valence electrons. The van der Waals surface area contributed by atoms with Crippen LogP contribution in [0, 0.1) is 6.92 Å². The van der Waals surface area contributed by atoms with Crippen LogP contribution in [-0.4, -0.2) is 34.5 Å². The third-order valence-electron chi connectivity index (χ3n) is 3.70. The Hall–Kier alpha value is -2.63. The molecule has 1 unspecified atom stereocenters. The lowest BCUT2D eigenvalue weighted by Crippen LogP contribution is -2.43. The number of hydrogen-bond acceptors (Lipinski definition) is 4. The minimum Gasteiger partial charge on any atom is -0.363 e. The molecule has 1 heterocycles. The molecule has 0 aliphatic rings. The van der Waals surface area contributed by atoms with Crippen LogP contribution in [-0.2, 0) is 4.79 Å². The lowest BCUT2D eigenvalue weighted by molar-refractivity contribution is -0.117. The van der Waals surface area contributed by atoms with Crippen molar-refractivity contribution in [3.05, 3.63) is 47.7 Å². The molecule has 0 radical (unpaired) electrons. The number of benzene rings is 1. The molecular weight excluding hydrogens is 294 g/mol. The van der Waals surface area contributed by atoms with Gasteiger partial charge in [0.1, 0.15) is 12.8 Å². The zero-order valence-electron chi connectivity index (χ0n) is 13.6. The minimum absolute atomic E-state index is 0.0332. The van der Waals surface area contributed by atoms with Crippen molar-refractivity contribution in [2.24, 2.45) is 0 Å². The monoisotopic (exact) mass is 315 g/mol. The van der Waals surface area contributed by atoms with Crippen molar-refractivity contribution in [3.8, 4) is 0 Å². The molecule has 2 amide bonds. The van der Waals surface area contributed by atoms with Crippen molar-refractivity contribution >= 4 is 17.6 Å². The first-order valence-corrected chi connectivity index (χ1v) is 7.59. The first-order valence-electron chi connectivity index (χ1n) is 7.59. The summed E-state index contributed by atoms with van der Waals surface area (Å²) in [5, 5.41) is 6.24. The summed E-state index contributed by atoms with van der Waals surface area (Å²) in [4.78, 5) is 26.4. The maximum Gasteiger partial charge on any atom is 0.254 e. The van der Waals surface area contributed by atoms with Gasteiger partial charge < -0.3 is 14.7 Å². The van der Waals surface area contributed by atoms with Crippen LogP contribution in [0.5, 0.6) is 0 Å². The van der Waals surface area contributed by atoms with Crippen LogP contribution in [0.4, 0.5) is 5.82 Å². The maximum absolute atomic E-state index is 12.7. The predicted octanol–water partition coefficient (Wildman–Crippen LogP) is 2.86. The van der Waals surface area contributed by atoms with E-state index in [0.29, 0.717) is 11.4 Å². The van der Waals surface area contributed by atoms with E-state index in [0.717, 1.165) is 12.0 Å². The van der Waals surface area contributed by atoms with Crippen molar-refractivity contribution in [2.45, 2.75) is 33.2 Å². The lowest BCUT2D eigenvalue weighted by Gasteiger charge is -2.28. The fourth-order valence-electron chi connectivity index (χ4n) is 2.12. The molecule has 6 nitrogen and oxygen atoms in total. The quantitative estimate of drug-likeness (QED) is 0.889. The Kier molecular flexibility index (Phi) is 5.51. The van der Waals surface area contributed by atoms with Crippen molar-refractivity contribution < 1.29 is 14.1 Å². The van der Waals surface area contributed by atoms with Crippen LogP contribution in [0.2, 0.25) is 0 Å². The Bertz CT molecular complexity index is 650. The van der Waals surface area contributed by atoms with Crippen molar-refractivity contribution in [1.29, 1.82) is 0 Å². The SMILES string of the molecule is CCC(C)N(CC(=O)Nc1ccon1)C(=O)c1ccc(C)cc1. The summed E-state index contributed by atoms with van der Waals surface area (Å²) in [5.74, 6) is -0.129. The van der Waals surface area contributed by atoms with Crippen LogP contribution < -0.4 is 5.32 Å². The Morgan fingerprint density at radius 1 is 1.26 bits per heavy atom. The predicted molar refractivity (Wildman–Crippen MR) is 87.1 cm³/mol. The number of anilines is 1. The van der Waals surface area contributed by atoms with E-state index in [4.69, 9.17) is 0 Å². The van der Waals surface area contributed by atoms with E-state index in [-0.39, 0.29) is 24.4 Å². The van der Waals surface area contributed by atoms with Gasteiger partial charge in [-0.25, -0.2) is 0 Å². The number of carbonyl (C=O) groups is 2. The van der Waals surface area contributed by atoms with Crippen LogP contribution in [0.25, 0.3) is 0 Å². The molecule has 0 aliphatic heterocycles. The first kappa shape index (κ1) is 16.7. The van der Waals surface area contributed by atoms with Gasteiger partial charge in [-0.15, -0.1) is 0 Å². The van der Waals surface area contributed by atoms with Crippen LogP contribution in [0.1, 0.15) is 36.2 Å². The number of amides is 2. The standard InChI is InChI=1S/C17H21N3O3/c1-4-13(3)20(11-16(21)18-15-9-10-23-19-15)17(22)14-7-5-12(2)6-8-14/h5-10,13H,4,11H2,1-3H3,(H,18,19,21). The Balaban J connectivity index is 2.11. The summed E-state index contributed by atoms with van der Waals surface area (Å²) in [6, 6.07) is 8.83. The summed E-state index contributed by atoms with van der Waals surface area (Å²) < 4.78 is 4.67. The van der Waals surface area contributed by atoms with Gasteiger partial charge in [-0.05, 0) is 32.4 Å². The molecule has 0 saturated carbocycles. The third kappa shape index (κ3) is 4.42. The fourth-order valence-corrected chi connectivity index (χ4v) is 2.12. The van der Waals surface area contributed by atoms with Gasteiger partial charge in [0.05, 0.1) is 0 Å². The van der Waals surface area contributed by atoms with E-state index in [9.17, 15) is 9.59 Å². The second-order valence-electron chi connectivity index (χ2n) is 5.49.